The van der Waals surface area contributed by atoms with Gasteiger partial charge in [-0.25, -0.2) is 4.98 Å². The van der Waals surface area contributed by atoms with Crippen molar-refractivity contribution in [2.24, 2.45) is 0 Å². The molecule has 0 aromatic carbocycles. The number of nitrogens with zero attached hydrogens (tertiary/aromatic N) is 2. The third kappa shape index (κ3) is 2.82. The second-order valence-corrected chi connectivity index (χ2v) is 4.86. The van der Waals surface area contributed by atoms with E-state index >= 15 is 0 Å². The summed E-state index contributed by atoms with van der Waals surface area (Å²) in [6.45, 7) is 6.28. The molecule has 0 saturated carbocycles. The summed E-state index contributed by atoms with van der Waals surface area (Å²) in [6.07, 6.45) is 1.88. The van der Waals surface area contributed by atoms with Gasteiger partial charge in [0.2, 0.25) is 5.88 Å². The second kappa shape index (κ2) is 5.10. The largest absolute Gasteiger partial charge is 0.486 e. The summed E-state index contributed by atoms with van der Waals surface area (Å²) >= 11 is 5.98. The van der Waals surface area contributed by atoms with Gasteiger partial charge in [0.15, 0.2) is 0 Å². The van der Waals surface area contributed by atoms with Crippen molar-refractivity contribution in [3.63, 3.8) is 0 Å². The molecule has 0 unspecified atom stereocenters. The fourth-order valence-electron chi connectivity index (χ4n) is 1.78. The molecule has 0 N–H and O–H groups in total. The van der Waals surface area contributed by atoms with E-state index in [0.717, 1.165) is 13.1 Å². The van der Waals surface area contributed by atoms with E-state index in [1.807, 2.05) is 0 Å². The van der Waals surface area contributed by atoms with E-state index in [9.17, 15) is 0 Å². The molecule has 0 radical (unpaired) electrons. The van der Waals surface area contributed by atoms with Gasteiger partial charge in [-0.1, -0.05) is 11.6 Å². The zero-order chi connectivity index (χ0) is 12.4. The standard InChI is InChI=1S/C12H17ClN2O2/c1-8(2)15-6-10(7-15)17-9-4-11(13)12(16-3)14-5-9/h4-5,8,10H,6-7H2,1-3H3. The molecular weight excluding hydrogens is 240 g/mol. The van der Waals surface area contributed by atoms with Crippen LogP contribution in [0.15, 0.2) is 12.3 Å². The van der Waals surface area contributed by atoms with Crippen LogP contribution in [-0.4, -0.2) is 42.2 Å². The van der Waals surface area contributed by atoms with E-state index in [1.54, 1.807) is 19.4 Å². The lowest BCUT2D eigenvalue weighted by atomic mass is 10.1. The molecule has 1 aromatic heterocycles. The number of methoxy groups -OCH3 is 1. The molecule has 0 spiro atoms. The van der Waals surface area contributed by atoms with Crippen molar-refractivity contribution in [3.8, 4) is 11.6 Å². The highest BCUT2D eigenvalue weighted by Crippen LogP contribution is 2.27. The molecule has 17 heavy (non-hydrogen) atoms. The van der Waals surface area contributed by atoms with Gasteiger partial charge in [-0.05, 0) is 13.8 Å². The van der Waals surface area contributed by atoms with Gasteiger partial charge in [0.1, 0.15) is 16.9 Å². The zero-order valence-electron chi connectivity index (χ0n) is 10.3. The van der Waals surface area contributed by atoms with Gasteiger partial charge in [0, 0.05) is 25.2 Å². The lowest BCUT2D eigenvalue weighted by Crippen LogP contribution is -2.56. The summed E-state index contributed by atoms with van der Waals surface area (Å²) in [6, 6.07) is 2.32. The molecule has 4 nitrogen and oxygen atoms in total. The van der Waals surface area contributed by atoms with Crippen LogP contribution in [0.5, 0.6) is 11.6 Å². The normalized spacial score (nSPS) is 17.0. The fourth-order valence-corrected chi connectivity index (χ4v) is 2.01. The Hall–Kier alpha value is -1.00. The second-order valence-electron chi connectivity index (χ2n) is 4.45. The first-order chi connectivity index (χ1) is 8.10. The van der Waals surface area contributed by atoms with Crippen molar-refractivity contribution in [2.45, 2.75) is 26.0 Å². The number of aromatic nitrogens is 1. The Morgan fingerprint density at radius 2 is 2.18 bits per heavy atom. The smallest absolute Gasteiger partial charge is 0.232 e. The van der Waals surface area contributed by atoms with Gasteiger partial charge >= 0.3 is 0 Å². The van der Waals surface area contributed by atoms with Crippen molar-refractivity contribution in [1.82, 2.24) is 9.88 Å². The summed E-state index contributed by atoms with van der Waals surface area (Å²) in [5, 5.41) is 0.477. The zero-order valence-corrected chi connectivity index (χ0v) is 11.1. The first kappa shape index (κ1) is 12.5. The Labute approximate surface area is 106 Å². The van der Waals surface area contributed by atoms with E-state index in [-0.39, 0.29) is 6.10 Å². The Balaban J connectivity index is 1.90. The average molecular weight is 257 g/mol. The highest BCUT2D eigenvalue weighted by atomic mass is 35.5. The molecular formula is C12H17ClN2O2. The Morgan fingerprint density at radius 3 is 2.71 bits per heavy atom. The third-order valence-electron chi connectivity index (χ3n) is 2.89. The molecule has 1 saturated heterocycles. The maximum absolute atomic E-state index is 5.98. The van der Waals surface area contributed by atoms with Crippen LogP contribution in [0.1, 0.15) is 13.8 Å². The van der Waals surface area contributed by atoms with Crippen molar-refractivity contribution in [3.05, 3.63) is 17.3 Å². The van der Waals surface area contributed by atoms with Crippen LogP contribution in [-0.2, 0) is 0 Å². The number of hydrogen-bond acceptors (Lipinski definition) is 4. The van der Waals surface area contributed by atoms with Gasteiger partial charge in [-0.2, -0.15) is 0 Å². The first-order valence-corrected chi connectivity index (χ1v) is 6.08. The Bertz CT molecular complexity index is 392. The van der Waals surface area contributed by atoms with E-state index in [4.69, 9.17) is 21.1 Å². The molecule has 2 rings (SSSR count). The topological polar surface area (TPSA) is 34.6 Å². The lowest BCUT2D eigenvalue weighted by molar-refractivity contribution is -0.0000688. The van der Waals surface area contributed by atoms with Gasteiger partial charge in [-0.15, -0.1) is 0 Å². The fraction of sp³-hybridized carbons (Fsp3) is 0.583. The average Bonchev–Trinajstić information content (AvgIpc) is 2.22. The molecule has 1 aliphatic heterocycles. The highest BCUT2D eigenvalue weighted by Gasteiger charge is 2.30. The lowest BCUT2D eigenvalue weighted by Gasteiger charge is -2.41. The highest BCUT2D eigenvalue weighted by molar-refractivity contribution is 6.31. The number of halogens is 1. The van der Waals surface area contributed by atoms with E-state index in [1.165, 1.54) is 0 Å². The maximum atomic E-state index is 5.98. The van der Waals surface area contributed by atoms with E-state index in [0.29, 0.717) is 22.7 Å². The molecule has 0 aliphatic carbocycles. The summed E-state index contributed by atoms with van der Waals surface area (Å²) in [4.78, 5) is 6.42. The Kier molecular flexibility index (Phi) is 3.74. The molecule has 0 amide bonds. The SMILES string of the molecule is COc1ncc(OC2CN(C(C)C)C2)cc1Cl. The molecule has 2 heterocycles. The molecule has 1 aromatic rings. The van der Waals surface area contributed by atoms with E-state index in [2.05, 4.69) is 23.7 Å². The maximum Gasteiger partial charge on any atom is 0.232 e. The minimum absolute atomic E-state index is 0.240. The van der Waals surface area contributed by atoms with Crippen LogP contribution >= 0.6 is 11.6 Å². The molecule has 1 aliphatic rings. The predicted octanol–water partition coefficient (Wildman–Crippen LogP) is 2.21. The van der Waals surface area contributed by atoms with Crippen molar-refractivity contribution in [1.29, 1.82) is 0 Å². The van der Waals surface area contributed by atoms with Gasteiger partial charge in [0.05, 0.1) is 13.3 Å². The van der Waals surface area contributed by atoms with Crippen LogP contribution in [0.3, 0.4) is 0 Å². The van der Waals surface area contributed by atoms with Crippen LogP contribution in [0, 0.1) is 0 Å². The van der Waals surface area contributed by atoms with Crippen LogP contribution in [0.2, 0.25) is 5.02 Å². The van der Waals surface area contributed by atoms with Crippen LogP contribution in [0.25, 0.3) is 0 Å². The molecule has 5 heteroatoms. The summed E-state index contributed by atoms with van der Waals surface area (Å²) in [5.41, 5.74) is 0. The van der Waals surface area contributed by atoms with Crippen LogP contribution in [0.4, 0.5) is 0 Å². The summed E-state index contributed by atoms with van der Waals surface area (Å²) < 4.78 is 10.8. The van der Waals surface area contributed by atoms with Crippen LogP contribution < -0.4 is 9.47 Å². The monoisotopic (exact) mass is 256 g/mol. The Morgan fingerprint density at radius 1 is 1.47 bits per heavy atom. The molecule has 0 atom stereocenters. The molecule has 1 fully saturated rings. The van der Waals surface area contributed by atoms with E-state index < -0.39 is 0 Å². The summed E-state index contributed by atoms with van der Waals surface area (Å²) in [5.74, 6) is 1.13. The molecule has 0 bridgehead atoms. The van der Waals surface area contributed by atoms with Crippen molar-refractivity contribution < 1.29 is 9.47 Å². The van der Waals surface area contributed by atoms with Crippen molar-refractivity contribution in [2.75, 3.05) is 20.2 Å². The minimum Gasteiger partial charge on any atom is -0.486 e. The van der Waals surface area contributed by atoms with Crippen molar-refractivity contribution >= 4 is 11.6 Å². The minimum atomic E-state index is 0.240. The summed E-state index contributed by atoms with van der Waals surface area (Å²) in [7, 11) is 1.54. The third-order valence-corrected chi connectivity index (χ3v) is 3.16. The molecule has 94 valence electrons. The predicted molar refractivity (Wildman–Crippen MR) is 66.9 cm³/mol. The van der Waals surface area contributed by atoms with Gasteiger partial charge < -0.3 is 9.47 Å². The number of ether oxygens (including phenoxy) is 2. The number of pyridine rings is 1. The number of likely N-dealkylation sites (tertiary alicyclic amines) is 1. The van der Waals surface area contributed by atoms with Gasteiger partial charge in [0.25, 0.3) is 0 Å². The quantitative estimate of drug-likeness (QED) is 0.827. The first-order valence-electron chi connectivity index (χ1n) is 5.70. The number of rotatable bonds is 4. The van der Waals surface area contributed by atoms with Gasteiger partial charge in [-0.3, -0.25) is 4.90 Å². The number of hydrogen-bond donors (Lipinski definition) is 0.